The Hall–Kier alpha value is 0.640. The maximum atomic E-state index is 5.64. The highest BCUT2D eigenvalue weighted by atomic mass is 35.5. The molecule has 0 aromatic heterocycles. The molecular weight excluding hydrogens is 128 g/mol. The average Bonchev–Trinajstić information content (AvgIpc) is 1.61. The predicted molar refractivity (Wildman–Crippen MR) is 38.3 cm³/mol. The monoisotopic (exact) mass is 138 g/mol. The molecule has 0 nitrogen and oxygen atoms in total. The summed E-state index contributed by atoms with van der Waals surface area (Å²) in [4.78, 5) is 0. The number of hydrogen-bond donors (Lipinski definition) is 0. The van der Waals surface area contributed by atoms with Gasteiger partial charge in [-0.05, 0) is 12.7 Å². The van der Waals surface area contributed by atoms with E-state index in [4.69, 9.17) is 11.6 Å². The summed E-state index contributed by atoms with van der Waals surface area (Å²) >= 11 is 7.52. The summed E-state index contributed by atoms with van der Waals surface area (Å²) in [6, 6.07) is 0. The summed E-state index contributed by atoms with van der Waals surface area (Å²) in [5, 5.41) is 0.338. The van der Waals surface area contributed by atoms with Crippen LogP contribution >= 0.6 is 23.4 Å². The molecule has 0 saturated carbocycles. The van der Waals surface area contributed by atoms with E-state index in [2.05, 4.69) is 6.92 Å². The SMILES string of the molecule is CCSCC(C)Cl. The van der Waals surface area contributed by atoms with Crippen molar-refractivity contribution in [3.05, 3.63) is 0 Å². The van der Waals surface area contributed by atoms with E-state index < -0.39 is 0 Å². The molecule has 0 aromatic carbocycles. The maximum absolute atomic E-state index is 5.64. The normalized spacial score (nSPS) is 14.1. The van der Waals surface area contributed by atoms with Crippen LogP contribution in [0.2, 0.25) is 0 Å². The predicted octanol–water partition coefficient (Wildman–Crippen LogP) is 2.37. The molecule has 7 heavy (non-hydrogen) atoms. The van der Waals surface area contributed by atoms with Gasteiger partial charge in [-0.15, -0.1) is 11.6 Å². The van der Waals surface area contributed by atoms with Gasteiger partial charge in [0.15, 0.2) is 0 Å². The lowest BCUT2D eigenvalue weighted by Crippen LogP contribution is -1.93. The molecule has 44 valence electrons. The summed E-state index contributed by atoms with van der Waals surface area (Å²) < 4.78 is 0. The van der Waals surface area contributed by atoms with Crippen LogP contribution in [0, 0.1) is 0 Å². The molecule has 0 spiro atoms. The van der Waals surface area contributed by atoms with Crippen molar-refractivity contribution in [1.29, 1.82) is 0 Å². The minimum absolute atomic E-state index is 0.338. The molecular formula is C5H11ClS. The van der Waals surface area contributed by atoms with Gasteiger partial charge in [0.05, 0.1) is 0 Å². The van der Waals surface area contributed by atoms with E-state index in [1.54, 1.807) is 0 Å². The third-order valence-electron chi connectivity index (χ3n) is 0.552. The Morgan fingerprint density at radius 2 is 2.29 bits per heavy atom. The van der Waals surface area contributed by atoms with Gasteiger partial charge in [-0.25, -0.2) is 0 Å². The molecule has 0 radical (unpaired) electrons. The first-order valence-electron chi connectivity index (χ1n) is 2.49. The van der Waals surface area contributed by atoms with Crippen LogP contribution in [0.4, 0.5) is 0 Å². The van der Waals surface area contributed by atoms with Crippen molar-refractivity contribution in [2.75, 3.05) is 11.5 Å². The van der Waals surface area contributed by atoms with E-state index in [1.807, 2.05) is 18.7 Å². The highest BCUT2D eigenvalue weighted by Crippen LogP contribution is 2.05. The Balaban J connectivity index is 2.68. The van der Waals surface area contributed by atoms with Gasteiger partial charge in [0.25, 0.3) is 0 Å². The van der Waals surface area contributed by atoms with Gasteiger partial charge in [-0.3, -0.25) is 0 Å². The molecule has 2 heteroatoms. The fourth-order valence-corrected chi connectivity index (χ4v) is 1.11. The zero-order chi connectivity index (χ0) is 5.70. The first-order chi connectivity index (χ1) is 3.27. The minimum Gasteiger partial charge on any atom is -0.161 e. The largest absolute Gasteiger partial charge is 0.161 e. The highest BCUT2D eigenvalue weighted by molar-refractivity contribution is 7.99. The van der Waals surface area contributed by atoms with Gasteiger partial charge >= 0.3 is 0 Å². The van der Waals surface area contributed by atoms with Gasteiger partial charge in [0.2, 0.25) is 0 Å². The molecule has 0 bridgehead atoms. The molecule has 0 amide bonds. The number of rotatable bonds is 3. The lowest BCUT2D eigenvalue weighted by molar-refractivity contribution is 1.11. The van der Waals surface area contributed by atoms with Crippen molar-refractivity contribution in [3.8, 4) is 0 Å². The highest BCUT2D eigenvalue weighted by Gasteiger charge is 1.91. The molecule has 0 fully saturated rings. The summed E-state index contributed by atoms with van der Waals surface area (Å²) in [7, 11) is 0. The van der Waals surface area contributed by atoms with Crippen molar-refractivity contribution >= 4 is 23.4 Å². The van der Waals surface area contributed by atoms with E-state index in [-0.39, 0.29) is 0 Å². The van der Waals surface area contributed by atoms with Crippen molar-refractivity contribution in [1.82, 2.24) is 0 Å². The Bertz CT molecular complexity index is 37.1. The zero-order valence-electron chi connectivity index (χ0n) is 4.78. The van der Waals surface area contributed by atoms with Crippen LogP contribution in [0.3, 0.4) is 0 Å². The second kappa shape index (κ2) is 4.79. The van der Waals surface area contributed by atoms with E-state index >= 15 is 0 Å². The van der Waals surface area contributed by atoms with Crippen LogP contribution in [0.5, 0.6) is 0 Å². The summed E-state index contributed by atoms with van der Waals surface area (Å²) in [5.74, 6) is 2.26. The Morgan fingerprint density at radius 1 is 1.71 bits per heavy atom. The third-order valence-corrected chi connectivity index (χ3v) is 2.03. The van der Waals surface area contributed by atoms with E-state index in [0.29, 0.717) is 5.38 Å². The van der Waals surface area contributed by atoms with E-state index in [0.717, 1.165) is 5.75 Å². The molecule has 0 aliphatic carbocycles. The van der Waals surface area contributed by atoms with Crippen LogP contribution in [-0.2, 0) is 0 Å². The fourth-order valence-electron chi connectivity index (χ4n) is 0.280. The lowest BCUT2D eigenvalue weighted by atomic mass is 10.6. The molecule has 0 saturated heterocycles. The molecule has 0 aliphatic heterocycles. The van der Waals surface area contributed by atoms with Crippen LogP contribution in [-0.4, -0.2) is 16.9 Å². The molecule has 1 atom stereocenters. The number of hydrogen-bond acceptors (Lipinski definition) is 1. The van der Waals surface area contributed by atoms with Crippen LogP contribution in [0.1, 0.15) is 13.8 Å². The standard InChI is InChI=1S/C5H11ClS/c1-3-7-4-5(2)6/h5H,3-4H2,1-2H3. The molecule has 0 N–H and O–H groups in total. The smallest absolute Gasteiger partial charge is 0.0398 e. The maximum Gasteiger partial charge on any atom is 0.0398 e. The fraction of sp³-hybridized carbons (Fsp3) is 1.00. The van der Waals surface area contributed by atoms with E-state index in [1.165, 1.54) is 5.75 Å². The summed E-state index contributed by atoms with van der Waals surface area (Å²) in [6.45, 7) is 4.16. The Labute approximate surface area is 54.6 Å². The van der Waals surface area contributed by atoms with Crippen molar-refractivity contribution in [3.63, 3.8) is 0 Å². The van der Waals surface area contributed by atoms with Crippen molar-refractivity contribution < 1.29 is 0 Å². The van der Waals surface area contributed by atoms with Crippen LogP contribution in [0.15, 0.2) is 0 Å². The molecule has 0 rings (SSSR count). The topological polar surface area (TPSA) is 0 Å². The molecule has 0 heterocycles. The van der Waals surface area contributed by atoms with Gasteiger partial charge in [-0.2, -0.15) is 11.8 Å². The number of alkyl halides is 1. The van der Waals surface area contributed by atoms with Crippen molar-refractivity contribution in [2.24, 2.45) is 0 Å². The van der Waals surface area contributed by atoms with E-state index in [9.17, 15) is 0 Å². The zero-order valence-corrected chi connectivity index (χ0v) is 6.35. The molecule has 0 aliphatic rings. The quantitative estimate of drug-likeness (QED) is 0.540. The van der Waals surface area contributed by atoms with Crippen LogP contribution in [0.25, 0.3) is 0 Å². The Morgan fingerprint density at radius 3 is 2.43 bits per heavy atom. The Kier molecular flexibility index (Phi) is 5.23. The first kappa shape index (κ1) is 7.64. The second-order valence-electron chi connectivity index (χ2n) is 1.44. The minimum atomic E-state index is 0.338. The van der Waals surface area contributed by atoms with Crippen LogP contribution < -0.4 is 0 Å². The summed E-state index contributed by atoms with van der Waals surface area (Å²) in [6.07, 6.45) is 0. The molecule has 0 aromatic rings. The van der Waals surface area contributed by atoms with Gasteiger partial charge < -0.3 is 0 Å². The van der Waals surface area contributed by atoms with Gasteiger partial charge in [0, 0.05) is 11.1 Å². The average molecular weight is 139 g/mol. The van der Waals surface area contributed by atoms with Gasteiger partial charge in [-0.1, -0.05) is 6.92 Å². The second-order valence-corrected chi connectivity index (χ2v) is 3.50. The lowest BCUT2D eigenvalue weighted by Gasteiger charge is -1.96. The summed E-state index contributed by atoms with van der Waals surface area (Å²) in [5.41, 5.74) is 0. The number of thioether (sulfide) groups is 1. The third kappa shape index (κ3) is 6.64. The van der Waals surface area contributed by atoms with Crippen molar-refractivity contribution in [2.45, 2.75) is 19.2 Å². The first-order valence-corrected chi connectivity index (χ1v) is 4.08. The van der Waals surface area contributed by atoms with Gasteiger partial charge in [0.1, 0.15) is 0 Å². The number of halogens is 1. The molecule has 1 unspecified atom stereocenters.